The van der Waals surface area contributed by atoms with E-state index >= 15 is 0 Å². The number of hydrogen-bond donors (Lipinski definition) is 3. The van der Waals surface area contributed by atoms with Crippen molar-refractivity contribution in [3.8, 4) is 0 Å². The first kappa shape index (κ1) is 21.2. The Morgan fingerprint density at radius 3 is 1.56 bits per heavy atom. The quantitative estimate of drug-likeness (QED) is 0.521. The van der Waals surface area contributed by atoms with Crippen LogP contribution in [0.2, 0.25) is 0 Å². The number of phosphoric ester groups is 1. The molecule has 11 heteroatoms. The first-order chi connectivity index (χ1) is 6.36. The molecule has 0 saturated heterocycles. The smallest absolute Gasteiger partial charge is 0.475 e. The Labute approximate surface area is 99.5 Å². The molecule has 0 aliphatic carbocycles. The molecule has 0 amide bonds. The third-order valence-electron chi connectivity index (χ3n) is 0.591. The molecule has 1 radical (unpaired) electrons. The number of halogens is 3. The molecule has 103 valence electrons. The SMILES string of the molecule is CC(C)OP(=O)(O)O.O=C(O)C(F)(F)F.[Cu]. The molecule has 0 heterocycles. The standard InChI is InChI=1S/C3H9O4P.C2HF3O2.Cu/c1-3(2)7-8(4,5)6;3-2(4,5)1(6)7;/h3H,1-2H3,(H2,4,5,6);(H,6,7);. The maximum Gasteiger partial charge on any atom is 0.490 e. The van der Waals surface area contributed by atoms with E-state index in [0.717, 1.165) is 0 Å². The van der Waals surface area contributed by atoms with Crippen LogP contribution in [-0.4, -0.2) is 33.1 Å². The van der Waals surface area contributed by atoms with Crippen LogP contribution in [0.1, 0.15) is 13.8 Å². The van der Waals surface area contributed by atoms with Crippen LogP contribution in [0.5, 0.6) is 0 Å². The third kappa shape index (κ3) is 19.5. The second-order valence-corrected chi connectivity index (χ2v) is 3.64. The number of carboxylic acids is 1. The van der Waals surface area contributed by atoms with Crippen LogP contribution >= 0.6 is 7.82 Å². The van der Waals surface area contributed by atoms with Gasteiger partial charge in [0.05, 0.1) is 6.10 Å². The molecule has 0 aromatic rings. The molecule has 0 bridgehead atoms. The van der Waals surface area contributed by atoms with Crippen LogP contribution in [0, 0.1) is 0 Å². The normalized spacial score (nSPS) is 11.2. The summed E-state index contributed by atoms with van der Waals surface area (Å²) in [6.45, 7) is 3.11. The molecular weight excluding hydrogens is 308 g/mol. The van der Waals surface area contributed by atoms with Gasteiger partial charge in [0.1, 0.15) is 0 Å². The Balaban J connectivity index is -0.000000200. The van der Waals surface area contributed by atoms with Crippen molar-refractivity contribution in [1.82, 2.24) is 0 Å². The summed E-state index contributed by atoms with van der Waals surface area (Å²) in [7, 11) is -4.22. The van der Waals surface area contributed by atoms with Crippen LogP contribution in [0.15, 0.2) is 0 Å². The molecule has 0 spiro atoms. The van der Waals surface area contributed by atoms with Gasteiger partial charge in [-0.25, -0.2) is 9.36 Å². The summed E-state index contributed by atoms with van der Waals surface area (Å²) >= 11 is 0. The van der Waals surface area contributed by atoms with Crippen LogP contribution in [0.3, 0.4) is 0 Å². The van der Waals surface area contributed by atoms with Crippen LogP contribution in [0.4, 0.5) is 13.2 Å². The first-order valence-corrected chi connectivity index (χ1v) is 4.93. The molecule has 0 aliphatic rings. The number of aliphatic carboxylic acids is 1. The van der Waals surface area contributed by atoms with Gasteiger partial charge < -0.3 is 14.9 Å². The monoisotopic (exact) mass is 317 g/mol. The molecule has 6 nitrogen and oxygen atoms in total. The van der Waals surface area contributed by atoms with Crippen molar-refractivity contribution in [3.05, 3.63) is 0 Å². The largest absolute Gasteiger partial charge is 0.490 e. The number of hydrogen-bond acceptors (Lipinski definition) is 3. The summed E-state index contributed by atoms with van der Waals surface area (Å²) < 4.78 is 45.8. The van der Waals surface area contributed by atoms with Gasteiger partial charge in [-0.05, 0) is 13.8 Å². The average Bonchev–Trinajstić information content (AvgIpc) is 1.78. The maximum atomic E-state index is 10.6. The van der Waals surface area contributed by atoms with Gasteiger partial charge in [0.2, 0.25) is 0 Å². The zero-order valence-electron chi connectivity index (χ0n) is 8.03. The predicted octanol–water partition coefficient (Wildman–Crippen LogP) is 1.13. The van der Waals surface area contributed by atoms with Crippen molar-refractivity contribution in [1.29, 1.82) is 0 Å². The van der Waals surface area contributed by atoms with E-state index in [4.69, 9.17) is 19.7 Å². The van der Waals surface area contributed by atoms with Gasteiger partial charge in [0.25, 0.3) is 0 Å². The van der Waals surface area contributed by atoms with Gasteiger partial charge in [0.15, 0.2) is 0 Å². The maximum absolute atomic E-state index is 10.6. The Kier molecular flexibility index (Phi) is 10.7. The summed E-state index contributed by atoms with van der Waals surface area (Å²) in [5.74, 6) is -2.76. The molecule has 0 aromatic heterocycles. The average molecular weight is 318 g/mol. The van der Waals surface area contributed by atoms with Crippen molar-refractivity contribution < 1.29 is 59.0 Å². The van der Waals surface area contributed by atoms with E-state index in [1.807, 2.05) is 0 Å². The fourth-order valence-electron chi connectivity index (χ4n) is 0.275. The van der Waals surface area contributed by atoms with E-state index in [0.29, 0.717) is 0 Å². The second kappa shape index (κ2) is 8.05. The van der Waals surface area contributed by atoms with Crippen molar-refractivity contribution in [3.63, 3.8) is 0 Å². The number of alkyl halides is 3. The van der Waals surface area contributed by atoms with E-state index in [9.17, 15) is 17.7 Å². The second-order valence-electron chi connectivity index (χ2n) is 2.45. The molecule has 0 aromatic carbocycles. The third-order valence-corrected chi connectivity index (χ3v) is 1.29. The molecule has 0 aliphatic heterocycles. The molecule has 0 saturated carbocycles. The van der Waals surface area contributed by atoms with Gasteiger partial charge in [-0.2, -0.15) is 13.2 Å². The van der Waals surface area contributed by atoms with E-state index in [1.54, 1.807) is 13.8 Å². The summed E-state index contributed by atoms with van der Waals surface area (Å²) in [4.78, 5) is 25.0. The first-order valence-electron chi connectivity index (χ1n) is 3.40. The fourth-order valence-corrected chi connectivity index (χ4v) is 0.824. The van der Waals surface area contributed by atoms with Gasteiger partial charge >= 0.3 is 20.0 Å². The molecule has 0 rings (SSSR count). The minimum atomic E-state index is -5.08. The Bertz CT molecular complexity index is 249. The fraction of sp³-hybridized carbons (Fsp3) is 0.800. The summed E-state index contributed by atoms with van der Waals surface area (Å²) in [5.41, 5.74) is 0. The Hall–Kier alpha value is -0.111. The minimum Gasteiger partial charge on any atom is -0.475 e. The van der Waals surface area contributed by atoms with Crippen molar-refractivity contribution in [2.75, 3.05) is 0 Å². The molecule has 0 unspecified atom stereocenters. The van der Waals surface area contributed by atoms with Crippen LogP contribution in [-0.2, 0) is 31.0 Å². The zero-order valence-corrected chi connectivity index (χ0v) is 9.86. The number of carboxylic acid groups (broad SMARTS) is 1. The number of carbonyl (C=O) groups is 1. The Morgan fingerprint density at radius 2 is 1.56 bits per heavy atom. The summed E-state index contributed by atoms with van der Waals surface area (Å²) in [5, 5.41) is 7.12. The zero-order chi connectivity index (χ0) is 12.9. The van der Waals surface area contributed by atoms with Crippen LogP contribution < -0.4 is 0 Å². The van der Waals surface area contributed by atoms with Gasteiger partial charge in [-0.15, -0.1) is 0 Å². The Morgan fingerprint density at radius 1 is 1.31 bits per heavy atom. The van der Waals surface area contributed by atoms with Gasteiger partial charge in [-0.1, -0.05) is 0 Å². The number of rotatable bonds is 2. The van der Waals surface area contributed by atoms with E-state index in [2.05, 4.69) is 4.52 Å². The summed E-state index contributed by atoms with van der Waals surface area (Å²) in [6, 6.07) is 0. The molecule has 3 N–H and O–H groups in total. The van der Waals surface area contributed by atoms with E-state index in [-0.39, 0.29) is 17.1 Å². The molecule has 0 atom stereocenters. The minimum absolute atomic E-state index is 0. The summed E-state index contributed by atoms with van der Waals surface area (Å²) in [6.07, 6.45) is -5.50. The molecular formula is C5H10CuF3O6P. The van der Waals surface area contributed by atoms with Gasteiger partial charge in [0, 0.05) is 17.1 Å². The molecule has 16 heavy (non-hydrogen) atoms. The van der Waals surface area contributed by atoms with Crippen LogP contribution in [0.25, 0.3) is 0 Å². The van der Waals surface area contributed by atoms with Crippen molar-refractivity contribution in [2.45, 2.75) is 26.1 Å². The van der Waals surface area contributed by atoms with Gasteiger partial charge in [-0.3, -0.25) is 4.52 Å². The predicted molar refractivity (Wildman–Crippen MR) is 42.0 cm³/mol. The molecule has 0 fully saturated rings. The number of phosphoric acid groups is 1. The van der Waals surface area contributed by atoms with Crippen molar-refractivity contribution in [2.24, 2.45) is 0 Å². The van der Waals surface area contributed by atoms with E-state index in [1.165, 1.54) is 0 Å². The van der Waals surface area contributed by atoms with E-state index < -0.39 is 26.1 Å². The van der Waals surface area contributed by atoms with Crippen molar-refractivity contribution >= 4 is 13.8 Å². The topological polar surface area (TPSA) is 104 Å².